The number of nitro benzene ring substituents is 1. The number of nitrogens with zero attached hydrogens (tertiary/aromatic N) is 2. The monoisotopic (exact) mass is 422 g/mol. The van der Waals surface area contributed by atoms with Crippen molar-refractivity contribution in [2.45, 2.75) is 6.04 Å². The molecule has 3 aromatic carbocycles. The number of urea groups is 1. The minimum absolute atomic E-state index is 0.00773. The van der Waals surface area contributed by atoms with Crippen molar-refractivity contribution in [2.75, 3.05) is 0 Å². The van der Waals surface area contributed by atoms with Gasteiger partial charge in [0.15, 0.2) is 0 Å². The Hall–Kier alpha value is -4.52. The third kappa shape index (κ3) is 3.56. The highest BCUT2D eigenvalue weighted by atomic mass is 16.6. The average molecular weight is 422 g/mol. The molecule has 2 N–H and O–H groups in total. The first-order valence-electron chi connectivity index (χ1n) is 10.1. The van der Waals surface area contributed by atoms with E-state index in [1.807, 2.05) is 66.7 Å². The Morgan fingerprint density at radius 1 is 0.844 bits per heavy atom. The summed E-state index contributed by atoms with van der Waals surface area (Å²) in [6, 6.07) is 26.7. The van der Waals surface area contributed by atoms with Gasteiger partial charge >= 0.3 is 6.03 Å². The van der Waals surface area contributed by atoms with Gasteiger partial charge in [-0.2, -0.15) is 0 Å². The third-order valence-electron chi connectivity index (χ3n) is 5.45. The topological polar surface area (TPSA) is 97.2 Å². The molecule has 1 aliphatic heterocycles. The number of fused-ring (bicyclic) bond motifs is 1. The Bertz CT molecular complexity index is 1370. The van der Waals surface area contributed by atoms with Gasteiger partial charge in [0.2, 0.25) is 0 Å². The van der Waals surface area contributed by atoms with Gasteiger partial charge in [0.1, 0.15) is 0 Å². The Morgan fingerprint density at radius 2 is 1.56 bits per heavy atom. The van der Waals surface area contributed by atoms with E-state index in [1.165, 1.54) is 12.1 Å². The van der Waals surface area contributed by atoms with Gasteiger partial charge in [-0.15, -0.1) is 0 Å². The molecule has 0 radical (unpaired) electrons. The number of para-hydroxylation sites is 1. The van der Waals surface area contributed by atoms with Crippen molar-refractivity contribution in [1.29, 1.82) is 0 Å². The lowest BCUT2D eigenvalue weighted by Crippen LogP contribution is -2.43. The van der Waals surface area contributed by atoms with Gasteiger partial charge in [-0.05, 0) is 35.4 Å². The Balaban J connectivity index is 1.73. The van der Waals surface area contributed by atoms with Gasteiger partial charge in [-0.1, -0.05) is 54.6 Å². The largest absolute Gasteiger partial charge is 0.327 e. The number of amides is 2. The number of benzene rings is 3. The van der Waals surface area contributed by atoms with Gasteiger partial charge in [-0.3, -0.25) is 10.1 Å². The van der Waals surface area contributed by atoms with Gasteiger partial charge in [0.05, 0.1) is 27.9 Å². The molecule has 0 saturated carbocycles. The highest BCUT2D eigenvalue weighted by molar-refractivity contribution is 6.03. The second-order valence-corrected chi connectivity index (χ2v) is 7.42. The van der Waals surface area contributed by atoms with Crippen LogP contribution in [0.15, 0.2) is 91.0 Å². The number of pyridine rings is 1. The number of hydrogen-bond donors (Lipinski definition) is 2. The van der Waals surface area contributed by atoms with E-state index >= 15 is 0 Å². The van der Waals surface area contributed by atoms with E-state index in [-0.39, 0.29) is 11.7 Å². The molecule has 32 heavy (non-hydrogen) atoms. The molecule has 1 aliphatic rings. The van der Waals surface area contributed by atoms with Crippen LogP contribution in [0.3, 0.4) is 0 Å². The summed E-state index contributed by atoms with van der Waals surface area (Å²) >= 11 is 0. The van der Waals surface area contributed by atoms with Crippen LogP contribution >= 0.6 is 0 Å². The van der Waals surface area contributed by atoms with Crippen molar-refractivity contribution in [3.8, 4) is 0 Å². The molecule has 156 valence electrons. The number of non-ortho nitro benzene ring substituents is 1. The quantitative estimate of drug-likeness (QED) is 0.355. The maximum atomic E-state index is 12.6. The average Bonchev–Trinajstić information content (AvgIpc) is 2.84. The number of carbonyl (C=O) groups excluding carboxylic acids is 1. The lowest BCUT2D eigenvalue weighted by Gasteiger charge is -2.30. The molecule has 7 nitrogen and oxygen atoms in total. The zero-order valence-corrected chi connectivity index (χ0v) is 16.9. The van der Waals surface area contributed by atoms with Gasteiger partial charge < -0.3 is 10.6 Å². The van der Waals surface area contributed by atoms with Gasteiger partial charge in [0, 0.05) is 23.1 Å². The van der Waals surface area contributed by atoms with Crippen molar-refractivity contribution in [2.24, 2.45) is 0 Å². The molecular weight excluding hydrogens is 404 g/mol. The van der Waals surface area contributed by atoms with Gasteiger partial charge in [0.25, 0.3) is 5.69 Å². The van der Waals surface area contributed by atoms with Crippen LogP contribution in [-0.2, 0) is 0 Å². The van der Waals surface area contributed by atoms with Crippen LogP contribution in [0.5, 0.6) is 0 Å². The van der Waals surface area contributed by atoms with Crippen LogP contribution in [-0.4, -0.2) is 15.9 Å². The molecular formula is C25H18N4O3. The Labute approximate surface area is 183 Å². The summed E-state index contributed by atoms with van der Waals surface area (Å²) in [7, 11) is 0. The molecule has 0 unspecified atom stereocenters. The van der Waals surface area contributed by atoms with Crippen LogP contribution < -0.4 is 10.6 Å². The zero-order valence-electron chi connectivity index (χ0n) is 16.9. The predicted octanol–water partition coefficient (Wildman–Crippen LogP) is 5.07. The van der Waals surface area contributed by atoms with Crippen molar-refractivity contribution < 1.29 is 9.72 Å². The molecule has 0 bridgehead atoms. The minimum Gasteiger partial charge on any atom is -0.327 e. The van der Waals surface area contributed by atoms with Gasteiger partial charge in [-0.25, -0.2) is 9.78 Å². The van der Waals surface area contributed by atoms with E-state index in [2.05, 4.69) is 10.6 Å². The summed E-state index contributed by atoms with van der Waals surface area (Å²) in [4.78, 5) is 28.1. The fourth-order valence-corrected chi connectivity index (χ4v) is 3.93. The van der Waals surface area contributed by atoms with Crippen molar-refractivity contribution >= 4 is 33.9 Å². The van der Waals surface area contributed by atoms with E-state index in [0.717, 1.165) is 27.6 Å². The predicted molar refractivity (Wildman–Crippen MR) is 123 cm³/mol. The second-order valence-electron chi connectivity index (χ2n) is 7.42. The Kier molecular flexibility index (Phi) is 4.84. The maximum absolute atomic E-state index is 12.6. The summed E-state index contributed by atoms with van der Waals surface area (Å²) in [5.74, 6) is 0. The van der Waals surface area contributed by atoms with Crippen LogP contribution in [0.4, 0.5) is 10.5 Å². The molecule has 0 fully saturated rings. The second kappa shape index (κ2) is 7.96. The third-order valence-corrected chi connectivity index (χ3v) is 5.45. The SMILES string of the molecule is O=C1NC(c2ccccc2)=C(c2ccc3ccccc3n2)[C@H](c2ccc([N+](=O)[O-])cc2)N1. The maximum Gasteiger partial charge on any atom is 0.320 e. The smallest absolute Gasteiger partial charge is 0.320 e. The summed E-state index contributed by atoms with van der Waals surface area (Å²) in [6.45, 7) is 0. The van der Waals surface area contributed by atoms with E-state index in [9.17, 15) is 14.9 Å². The number of rotatable bonds is 4. The van der Waals surface area contributed by atoms with Crippen LogP contribution in [0.25, 0.3) is 22.2 Å². The zero-order chi connectivity index (χ0) is 22.1. The standard InChI is InChI=1S/C25H18N4O3/c30-25-27-23(17-7-2-1-3-8-17)22(21-15-12-16-6-4-5-9-20(16)26-21)24(28-25)18-10-13-19(14-11-18)29(31)32/h1-15,24H,(H2,27,28,30)/t24-/m0/s1. The molecule has 7 heteroatoms. The molecule has 4 aromatic rings. The fourth-order valence-electron chi connectivity index (χ4n) is 3.93. The normalized spacial score (nSPS) is 15.9. The highest BCUT2D eigenvalue weighted by Crippen LogP contribution is 2.38. The first-order valence-corrected chi connectivity index (χ1v) is 10.1. The lowest BCUT2D eigenvalue weighted by molar-refractivity contribution is -0.384. The molecule has 1 atom stereocenters. The number of hydrogen-bond acceptors (Lipinski definition) is 4. The molecule has 2 heterocycles. The minimum atomic E-state index is -0.534. The number of carbonyl (C=O) groups is 1. The summed E-state index contributed by atoms with van der Waals surface area (Å²) < 4.78 is 0. The lowest BCUT2D eigenvalue weighted by atomic mass is 9.90. The molecule has 2 amide bonds. The molecule has 5 rings (SSSR count). The van der Waals surface area contributed by atoms with Crippen molar-refractivity contribution in [3.63, 3.8) is 0 Å². The number of nitrogens with one attached hydrogen (secondary N) is 2. The van der Waals surface area contributed by atoms with E-state index < -0.39 is 11.0 Å². The van der Waals surface area contributed by atoms with Crippen LogP contribution in [0, 0.1) is 10.1 Å². The summed E-state index contributed by atoms with van der Waals surface area (Å²) in [6.07, 6.45) is 0. The number of aromatic nitrogens is 1. The van der Waals surface area contributed by atoms with E-state index in [4.69, 9.17) is 4.98 Å². The van der Waals surface area contributed by atoms with Crippen molar-refractivity contribution in [3.05, 3.63) is 118 Å². The van der Waals surface area contributed by atoms with Crippen molar-refractivity contribution in [1.82, 2.24) is 15.6 Å². The van der Waals surface area contributed by atoms with E-state index in [0.29, 0.717) is 11.4 Å². The number of nitro groups is 1. The molecule has 1 aromatic heterocycles. The first-order chi connectivity index (χ1) is 15.6. The van der Waals surface area contributed by atoms with Crippen LogP contribution in [0.1, 0.15) is 22.9 Å². The summed E-state index contributed by atoms with van der Waals surface area (Å²) in [5.41, 5.74) is 4.55. The first kappa shape index (κ1) is 19.4. The van der Waals surface area contributed by atoms with E-state index in [1.54, 1.807) is 12.1 Å². The molecule has 0 spiro atoms. The Morgan fingerprint density at radius 3 is 2.31 bits per heavy atom. The fraction of sp³-hybridized carbons (Fsp3) is 0.0400. The summed E-state index contributed by atoms with van der Waals surface area (Å²) in [5, 5.41) is 18.0. The molecule has 0 saturated heterocycles. The molecule has 0 aliphatic carbocycles. The highest BCUT2D eigenvalue weighted by Gasteiger charge is 2.31. The van der Waals surface area contributed by atoms with Crippen LogP contribution in [0.2, 0.25) is 0 Å².